The molecule has 6 nitrogen and oxygen atoms in total. The van der Waals surface area contributed by atoms with Gasteiger partial charge in [-0.3, -0.25) is 5.10 Å². The molecular weight excluding hydrogens is 286 g/mol. The normalized spacial score (nSPS) is 12.2. The highest BCUT2D eigenvalue weighted by molar-refractivity contribution is 7.89. The van der Waals surface area contributed by atoms with Crippen molar-refractivity contribution >= 4 is 21.4 Å². The number of aliphatic hydroxyl groups is 1. The minimum atomic E-state index is -3.70. The van der Waals surface area contributed by atoms with Gasteiger partial charge in [-0.2, -0.15) is 9.40 Å². The van der Waals surface area contributed by atoms with Crippen molar-refractivity contribution in [2.24, 2.45) is 0 Å². The number of hydrogen-bond acceptors (Lipinski definition) is 5. The van der Waals surface area contributed by atoms with Crippen molar-refractivity contribution in [2.75, 3.05) is 7.05 Å². The number of sulfonamides is 1. The van der Waals surface area contributed by atoms with Crippen LogP contribution in [0.15, 0.2) is 22.5 Å². The second kappa shape index (κ2) is 5.41. The third-order valence-corrected chi connectivity index (χ3v) is 5.44. The number of H-pyrrole nitrogens is 1. The summed E-state index contributed by atoms with van der Waals surface area (Å²) in [6.45, 7) is 1.61. The van der Waals surface area contributed by atoms with E-state index in [0.29, 0.717) is 11.3 Å². The van der Waals surface area contributed by atoms with E-state index in [9.17, 15) is 13.5 Å². The largest absolute Gasteiger partial charge is 0.392 e. The lowest BCUT2D eigenvalue weighted by Gasteiger charge is -2.15. The lowest BCUT2D eigenvalue weighted by atomic mass is 10.3. The molecule has 0 saturated heterocycles. The molecule has 0 radical (unpaired) electrons. The van der Waals surface area contributed by atoms with Crippen LogP contribution < -0.4 is 0 Å². The molecule has 2 rings (SSSR count). The summed E-state index contributed by atoms with van der Waals surface area (Å²) in [5, 5.41) is 17.4. The van der Waals surface area contributed by atoms with Crippen molar-refractivity contribution in [3.63, 3.8) is 0 Å². The van der Waals surface area contributed by atoms with Gasteiger partial charge in [-0.25, -0.2) is 8.42 Å². The van der Waals surface area contributed by atoms with E-state index in [1.54, 1.807) is 6.92 Å². The number of hydrogen-bond donors (Lipinski definition) is 2. The summed E-state index contributed by atoms with van der Waals surface area (Å²) in [5.41, 5.74) is 0.878. The second-order valence-corrected chi connectivity index (χ2v) is 7.12. The number of aryl methyl sites for hydroxylation is 1. The summed E-state index contributed by atoms with van der Waals surface area (Å²) in [5.74, 6) is 0. The molecule has 0 aliphatic carbocycles. The number of aromatic amines is 1. The van der Waals surface area contributed by atoms with Crippen molar-refractivity contribution in [3.8, 4) is 0 Å². The predicted molar refractivity (Wildman–Crippen MR) is 72.2 cm³/mol. The standard InChI is InChI=1S/C11H15N3O3S2/c1-8-10(7-15)11(13-12-8)19(16,17)14(2)6-9-4-3-5-18-9/h3-5,15H,6-7H2,1-2H3,(H,12,13). The number of nitrogens with zero attached hydrogens (tertiary/aromatic N) is 2. The topological polar surface area (TPSA) is 86.3 Å². The molecule has 0 spiro atoms. The minimum Gasteiger partial charge on any atom is -0.392 e. The average Bonchev–Trinajstić information content (AvgIpc) is 2.98. The van der Waals surface area contributed by atoms with Crippen molar-refractivity contribution in [3.05, 3.63) is 33.6 Å². The molecular formula is C11H15N3O3S2. The molecule has 0 unspecified atom stereocenters. The Kier molecular flexibility index (Phi) is 4.04. The Hall–Kier alpha value is -1.22. The maximum atomic E-state index is 12.4. The molecule has 0 saturated carbocycles. The molecule has 0 aliphatic rings. The summed E-state index contributed by atoms with van der Waals surface area (Å²) in [6.07, 6.45) is 0. The van der Waals surface area contributed by atoms with Crippen LogP contribution in [0.5, 0.6) is 0 Å². The first kappa shape index (κ1) is 14.2. The summed E-state index contributed by atoms with van der Waals surface area (Å²) in [4.78, 5) is 0.948. The summed E-state index contributed by atoms with van der Waals surface area (Å²) < 4.78 is 26.0. The van der Waals surface area contributed by atoms with Gasteiger partial charge in [0.1, 0.15) is 0 Å². The average molecular weight is 301 g/mol. The molecule has 2 aromatic rings. The van der Waals surface area contributed by atoms with E-state index in [1.165, 1.54) is 22.7 Å². The lowest BCUT2D eigenvalue weighted by molar-refractivity contribution is 0.277. The molecule has 19 heavy (non-hydrogen) atoms. The van der Waals surface area contributed by atoms with Crippen molar-refractivity contribution in [1.82, 2.24) is 14.5 Å². The van der Waals surface area contributed by atoms with Gasteiger partial charge in [0.05, 0.1) is 6.61 Å². The zero-order chi connectivity index (χ0) is 14.0. The maximum absolute atomic E-state index is 12.4. The van der Waals surface area contributed by atoms with Crippen molar-refractivity contribution in [1.29, 1.82) is 0 Å². The van der Waals surface area contributed by atoms with Crippen LogP contribution in [0.1, 0.15) is 16.1 Å². The summed E-state index contributed by atoms with van der Waals surface area (Å²) in [7, 11) is -2.20. The van der Waals surface area contributed by atoms with Gasteiger partial charge in [0, 0.05) is 29.7 Å². The fraction of sp³-hybridized carbons (Fsp3) is 0.364. The van der Waals surface area contributed by atoms with Gasteiger partial charge in [0.25, 0.3) is 10.0 Å². The summed E-state index contributed by atoms with van der Waals surface area (Å²) >= 11 is 1.49. The Balaban J connectivity index is 2.31. The van der Waals surface area contributed by atoms with Crippen LogP contribution in [0.4, 0.5) is 0 Å². The lowest BCUT2D eigenvalue weighted by Crippen LogP contribution is -2.27. The molecule has 0 aliphatic heterocycles. The first-order chi connectivity index (χ1) is 8.96. The highest BCUT2D eigenvalue weighted by atomic mass is 32.2. The highest BCUT2D eigenvalue weighted by Gasteiger charge is 2.28. The zero-order valence-corrected chi connectivity index (χ0v) is 12.3. The monoisotopic (exact) mass is 301 g/mol. The van der Waals surface area contributed by atoms with E-state index in [4.69, 9.17) is 0 Å². The quantitative estimate of drug-likeness (QED) is 0.865. The molecule has 104 valence electrons. The summed E-state index contributed by atoms with van der Waals surface area (Å²) in [6, 6.07) is 3.75. The number of aromatic nitrogens is 2. The smallest absolute Gasteiger partial charge is 0.262 e. The van der Waals surface area contributed by atoms with E-state index in [-0.39, 0.29) is 18.2 Å². The van der Waals surface area contributed by atoms with Gasteiger partial charge in [0.15, 0.2) is 5.03 Å². The van der Waals surface area contributed by atoms with Crippen LogP contribution in [-0.2, 0) is 23.2 Å². The van der Waals surface area contributed by atoms with Gasteiger partial charge in [-0.05, 0) is 18.4 Å². The fourth-order valence-corrected chi connectivity index (χ4v) is 3.82. The van der Waals surface area contributed by atoms with E-state index in [2.05, 4.69) is 10.2 Å². The maximum Gasteiger partial charge on any atom is 0.262 e. The van der Waals surface area contributed by atoms with E-state index >= 15 is 0 Å². The number of aliphatic hydroxyl groups excluding tert-OH is 1. The van der Waals surface area contributed by atoms with E-state index in [1.807, 2.05) is 17.5 Å². The second-order valence-electron chi connectivity index (χ2n) is 4.13. The molecule has 8 heteroatoms. The molecule has 2 heterocycles. The Labute approximate surface area is 115 Å². The number of thiophene rings is 1. The Morgan fingerprint density at radius 1 is 1.53 bits per heavy atom. The van der Waals surface area contributed by atoms with Crippen molar-refractivity contribution < 1.29 is 13.5 Å². The van der Waals surface area contributed by atoms with Gasteiger partial charge in [-0.1, -0.05) is 6.07 Å². The Bertz CT molecular complexity index is 647. The third-order valence-electron chi connectivity index (χ3n) is 2.81. The zero-order valence-electron chi connectivity index (χ0n) is 10.6. The fourth-order valence-electron chi connectivity index (χ4n) is 1.68. The van der Waals surface area contributed by atoms with Crippen LogP contribution in [0, 0.1) is 6.92 Å². The predicted octanol–water partition coefficient (Wildman–Crippen LogP) is 1.09. The molecule has 0 amide bonds. The van der Waals surface area contributed by atoms with Crippen LogP contribution in [0.25, 0.3) is 0 Å². The van der Waals surface area contributed by atoms with Crippen molar-refractivity contribution in [2.45, 2.75) is 25.1 Å². The van der Waals surface area contributed by atoms with Gasteiger partial charge in [0.2, 0.25) is 0 Å². The molecule has 0 fully saturated rings. The third kappa shape index (κ3) is 2.71. The Morgan fingerprint density at radius 3 is 2.84 bits per heavy atom. The SMILES string of the molecule is Cc1[nH]nc(S(=O)(=O)N(C)Cc2cccs2)c1CO. The minimum absolute atomic E-state index is 0.105. The number of rotatable bonds is 5. The van der Waals surface area contributed by atoms with E-state index in [0.717, 1.165) is 4.88 Å². The molecule has 0 aromatic carbocycles. The van der Waals surface area contributed by atoms with Crippen LogP contribution in [0.3, 0.4) is 0 Å². The van der Waals surface area contributed by atoms with Crippen LogP contribution in [0.2, 0.25) is 0 Å². The van der Waals surface area contributed by atoms with E-state index < -0.39 is 10.0 Å². The molecule has 2 N–H and O–H groups in total. The molecule has 0 bridgehead atoms. The number of nitrogens with one attached hydrogen (secondary N) is 1. The van der Waals surface area contributed by atoms with Gasteiger partial charge >= 0.3 is 0 Å². The molecule has 2 aromatic heterocycles. The van der Waals surface area contributed by atoms with Crippen LogP contribution >= 0.6 is 11.3 Å². The molecule has 0 atom stereocenters. The first-order valence-electron chi connectivity index (χ1n) is 5.60. The van der Waals surface area contributed by atoms with Crippen LogP contribution in [-0.4, -0.2) is 35.1 Å². The first-order valence-corrected chi connectivity index (χ1v) is 7.92. The Morgan fingerprint density at radius 2 is 2.26 bits per heavy atom. The van der Waals surface area contributed by atoms with Gasteiger partial charge in [-0.15, -0.1) is 11.3 Å². The van der Waals surface area contributed by atoms with Gasteiger partial charge < -0.3 is 5.11 Å². The highest BCUT2D eigenvalue weighted by Crippen LogP contribution is 2.22.